The van der Waals surface area contributed by atoms with Crippen molar-refractivity contribution in [1.29, 1.82) is 0 Å². The van der Waals surface area contributed by atoms with Crippen molar-refractivity contribution in [3.8, 4) is 0 Å². The molecule has 0 spiro atoms. The Morgan fingerprint density at radius 1 is 1.25 bits per heavy atom. The van der Waals surface area contributed by atoms with Gasteiger partial charge in [-0.25, -0.2) is 0 Å². The molecule has 20 heavy (non-hydrogen) atoms. The predicted molar refractivity (Wildman–Crippen MR) is 74.3 cm³/mol. The molecule has 0 radical (unpaired) electrons. The van der Waals surface area contributed by atoms with E-state index in [0.717, 1.165) is 26.4 Å². The summed E-state index contributed by atoms with van der Waals surface area (Å²) in [5, 5.41) is 18.9. The minimum atomic E-state index is -4.16. The number of unbranched alkanes of at least 4 members (excludes halogenated alkanes) is 2. The predicted octanol–water partition coefficient (Wildman–Crippen LogP) is 0.0470. The molecular weight excluding hydrogens is 290 g/mol. The molecule has 5 N–H and O–H groups in total. The van der Waals surface area contributed by atoms with Crippen molar-refractivity contribution in [2.24, 2.45) is 5.73 Å². The van der Waals surface area contributed by atoms with Gasteiger partial charge in [0.15, 0.2) is 0 Å². The van der Waals surface area contributed by atoms with Gasteiger partial charge in [0.2, 0.25) is 5.79 Å². The van der Waals surface area contributed by atoms with Crippen LogP contribution in [0.15, 0.2) is 0 Å². The van der Waals surface area contributed by atoms with E-state index >= 15 is 0 Å². The van der Waals surface area contributed by atoms with E-state index in [-0.39, 0.29) is 6.54 Å². The quantitative estimate of drug-likeness (QED) is 0.266. The summed E-state index contributed by atoms with van der Waals surface area (Å²) in [4.78, 5) is 0. The Kier molecular flexibility index (Phi) is 12.5. The molecule has 0 heterocycles. The van der Waals surface area contributed by atoms with Gasteiger partial charge in [0.05, 0.1) is 7.11 Å². The van der Waals surface area contributed by atoms with Crippen LogP contribution >= 0.6 is 0 Å². The zero-order valence-electron chi connectivity index (χ0n) is 12.3. The first kappa shape index (κ1) is 22.0. The SMILES string of the molecule is CCCCCOC(CC)C(O)(O)CN.COS(=O)(=O)O. The molecule has 0 aromatic heterocycles. The van der Waals surface area contributed by atoms with Gasteiger partial charge >= 0.3 is 10.4 Å². The standard InChI is InChI=1S/C10H23NO3.CH4O4S/c1-3-5-6-7-14-9(4-2)10(12,13)8-11;1-5-6(2,3)4/h9,12-13H,3-8,11H2,1-2H3;1H3,(H,2,3,4). The molecule has 0 saturated heterocycles. The monoisotopic (exact) mass is 317 g/mol. The number of hydrogen-bond donors (Lipinski definition) is 4. The van der Waals surface area contributed by atoms with E-state index in [0.29, 0.717) is 13.0 Å². The maximum absolute atomic E-state index is 9.45. The fourth-order valence-corrected chi connectivity index (χ4v) is 1.29. The fraction of sp³-hybridized carbons (Fsp3) is 1.00. The highest BCUT2D eigenvalue weighted by Crippen LogP contribution is 2.13. The molecule has 0 aromatic rings. The van der Waals surface area contributed by atoms with Gasteiger partial charge in [-0.3, -0.25) is 8.74 Å². The Hall–Kier alpha value is -0.290. The van der Waals surface area contributed by atoms with Gasteiger partial charge in [-0.15, -0.1) is 0 Å². The minimum absolute atomic E-state index is 0.195. The second kappa shape index (κ2) is 11.4. The van der Waals surface area contributed by atoms with Crippen LogP contribution in [-0.2, 0) is 19.3 Å². The van der Waals surface area contributed by atoms with Crippen LogP contribution in [0.25, 0.3) is 0 Å². The first-order valence-corrected chi connectivity index (χ1v) is 7.80. The van der Waals surface area contributed by atoms with E-state index in [1.54, 1.807) is 0 Å². The molecule has 1 atom stereocenters. The molecule has 0 aliphatic carbocycles. The summed E-state index contributed by atoms with van der Waals surface area (Å²) in [6.07, 6.45) is 3.15. The average molecular weight is 317 g/mol. The number of aliphatic hydroxyl groups is 2. The summed E-state index contributed by atoms with van der Waals surface area (Å²) >= 11 is 0. The van der Waals surface area contributed by atoms with E-state index in [1.807, 2.05) is 6.92 Å². The van der Waals surface area contributed by atoms with Gasteiger partial charge in [-0.05, 0) is 12.8 Å². The van der Waals surface area contributed by atoms with Gasteiger partial charge in [0.25, 0.3) is 0 Å². The Morgan fingerprint density at radius 2 is 1.75 bits per heavy atom. The van der Waals surface area contributed by atoms with E-state index < -0.39 is 22.3 Å². The molecule has 9 heteroatoms. The van der Waals surface area contributed by atoms with Crippen molar-refractivity contribution in [3.63, 3.8) is 0 Å². The molecule has 0 bridgehead atoms. The lowest BCUT2D eigenvalue weighted by Gasteiger charge is -2.29. The highest BCUT2D eigenvalue weighted by atomic mass is 32.3. The summed E-state index contributed by atoms with van der Waals surface area (Å²) in [5.41, 5.74) is 5.23. The van der Waals surface area contributed by atoms with Crippen LogP contribution in [0.4, 0.5) is 0 Å². The Morgan fingerprint density at radius 3 is 2.05 bits per heavy atom. The highest BCUT2D eigenvalue weighted by Gasteiger charge is 2.32. The molecular formula is C11H27NO7S. The largest absolute Gasteiger partial charge is 0.397 e. The third kappa shape index (κ3) is 12.7. The fourth-order valence-electron chi connectivity index (χ4n) is 1.29. The van der Waals surface area contributed by atoms with Crippen LogP contribution in [0.5, 0.6) is 0 Å². The smallest absolute Gasteiger partial charge is 0.373 e. The molecule has 0 saturated carbocycles. The van der Waals surface area contributed by atoms with E-state index in [9.17, 15) is 18.6 Å². The van der Waals surface area contributed by atoms with Gasteiger partial charge in [-0.1, -0.05) is 26.7 Å². The van der Waals surface area contributed by atoms with E-state index in [2.05, 4.69) is 11.1 Å². The first-order valence-electron chi connectivity index (χ1n) is 6.44. The molecule has 8 nitrogen and oxygen atoms in total. The first-order chi connectivity index (χ1) is 9.14. The highest BCUT2D eigenvalue weighted by molar-refractivity contribution is 7.80. The van der Waals surface area contributed by atoms with Crippen molar-refractivity contribution in [2.45, 2.75) is 51.4 Å². The summed E-state index contributed by atoms with van der Waals surface area (Å²) in [6.45, 7) is 4.33. The Labute approximate surface area is 120 Å². The Balaban J connectivity index is 0. The molecule has 0 fully saturated rings. The van der Waals surface area contributed by atoms with Gasteiger partial charge in [0.1, 0.15) is 6.10 Å². The molecule has 0 aromatic carbocycles. The second-order valence-electron chi connectivity index (χ2n) is 4.15. The van der Waals surface area contributed by atoms with Crippen LogP contribution < -0.4 is 5.73 Å². The summed E-state index contributed by atoms with van der Waals surface area (Å²) in [6, 6.07) is 0. The number of rotatable bonds is 9. The minimum Gasteiger partial charge on any atom is -0.373 e. The average Bonchev–Trinajstić information content (AvgIpc) is 2.38. The molecule has 0 aliphatic rings. The van der Waals surface area contributed by atoms with E-state index in [1.165, 1.54) is 0 Å². The summed E-state index contributed by atoms with van der Waals surface area (Å²) < 4.78 is 35.1. The van der Waals surface area contributed by atoms with E-state index in [4.69, 9.17) is 15.0 Å². The summed E-state index contributed by atoms with van der Waals surface area (Å²) in [7, 11) is -3.29. The van der Waals surface area contributed by atoms with Crippen molar-refractivity contribution in [1.82, 2.24) is 0 Å². The molecule has 0 rings (SSSR count). The lowest BCUT2D eigenvalue weighted by atomic mass is 10.1. The lowest BCUT2D eigenvalue weighted by molar-refractivity contribution is -0.232. The van der Waals surface area contributed by atoms with Gasteiger partial charge in [0, 0.05) is 13.2 Å². The molecule has 1 unspecified atom stereocenters. The second-order valence-corrected chi connectivity index (χ2v) is 5.34. The number of hydrogen-bond acceptors (Lipinski definition) is 7. The number of ether oxygens (including phenoxy) is 1. The van der Waals surface area contributed by atoms with Crippen LogP contribution in [0.2, 0.25) is 0 Å². The zero-order valence-corrected chi connectivity index (χ0v) is 13.1. The third-order valence-electron chi connectivity index (χ3n) is 2.46. The van der Waals surface area contributed by atoms with Crippen molar-refractivity contribution < 1.29 is 32.1 Å². The maximum Gasteiger partial charge on any atom is 0.397 e. The number of nitrogens with two attached hydrogens (primary N) is 1. The summed E-state index contributed by atoms with van der Waals surface area (Å²) in [5.74, 6) is -1.89. The van der Waals surface area contributed by atoms with Gasteiger partial charge < -0.3 is 20.7 Å². The maximum atomic E-state index is 9.45. The van der Waals surface area contributed by atoms with Crippen LogP contribution in [0, 0.1) is 0 Å². The van der Waals surface area contributed by atoms with Crippen LogP contribution in [0.3, 0.4) is 0 Å². The van der Waals surface area contributed by atoms with Crippen LogP contribution in [0.1, 0.15) is 39.5 Å². The van der Waals surface area contributed by atoms with Crippen molar-refractivity contribution in [3.05, 3.63) is 0 Å². The Bertz CT molecular complexity index is 319. The lowest BCUT2D eigenvalue weighted by Crippen LogP contribution is -2.49. The zero-order chi connectivity index (χ0) is 16.2. The molecule has 124 valence electrons. The topological polar surface area (TPSA) is 139 Å². The molecule has 0 amide bonds. The van der Waals surface area contributed by atoms with Crippen molar-refractivity contribution >= 4 is 10.4 Å². The van der Waals surface area contributed by atoms with Crippen molar-refractivity contribution in [2.75, 3.05) is 20.3 Å². The third-order valence-corrected chi connectivity index (χ3v) is 2.89. The van der Waals surface area contributed by atoms with Gasteiger partial charge in [-0.2, -0.15) is 8.42 Å². The molecule has 0 aliphatic heterocycles. The van der Waals surface area contributed by atoms with Crippen LogP contribution in [-0.4, -0.2) is 55.3 Å². The normalized spacial score (nSPS) is 13.6.